The first-order valence-corrected chi connectivity index (χ1v) is 8.68. The minimum absolute atomic E-state index is 0.0174. The third kappa shape index (κ3) is 6.85. The van der Waals surface area contributed by atoms with E-state index in [1.807, 2.05) is 0 Å². The molecule has 2 aromatic rings. The van der Waals surface area contributed by atoms with Gasteiger partial charge < -0.3 is 16.0 Å². The van der Waals surface area contributed by atoms with E-state index in [9.17, 15) is 9.59 Å². The highest BCUT2D eigenvalue weighted by atomic mass is 35.5. The highest BCUT2D eigenvalue weighted by Crippen LogP contribution is 2.17. The van der Waals surface area contributed by atoms with Crippen molar-refractivity contribution in [1.29, 1.82) is 0 Å². The molecule has 2 aromatic carbocycles. The molecule has 0 saturated heterocycles. The molecule has 3 N–H and O–H groups in total. The third-order valence-corrected chi connectivity index (χ3v) is 3.77. The molecule has 0 aliphatic carbocycles. The number of rotatable bonds is 7. The molecular weight excluding hydrogens is 338 g/mol. The van der Waals surface area contributed by atoms with Crippen LogP contribution in [0.2, 0.25) is 5.02 Å². The van der Waals surface area contributed by atoms with E-state index in [0.717, 1.165) is 19.3 Å². The van der Waals surface area contributed by atoms with E-state index in [0.29, 0.717) is 28.5 Å². The predicted molar refractivity (Wildman–Crippen MR) is 103 cm³/mol. The van der Waals surface area contributed by atoms with Crippen molar-refractivity contribution >= 4 is 40.6 Å². The minimum atomic E-state index is -0.367. The van der Waals surface area contributed by atoms with Crippen LogP contribution in [0, 0.1) is 0 Å². The average Bonchev–Trinajstić information content (AvgIpc) is 2.57. The van der Waals surface area contributed by atoms with Crippen LogP contribution >= 0.6 is 11.6 Å². The fraction of sp³-hybridized carbons (Fsp3) is 0.263. The zero-order chi connectivity index (χ0) is 18.1. The first-order chi connectivity index (χ1) is 12.1. The van der Waals surface area contributed by atoms with Gasteiger partial charge in [0.25, 0.3) is 0 Å². The van der Waals surface area contributed by atoms with E-state index in [4.69, 9.17) is 11.6 Å². The molecule has 0 fully saturated rings. The van der Waals surface area contributed by atoms with Crippen molar-refractivity contribution < 1.29 is 9.59 Å². The highest BCUT2D eigenvalue weighted by molar-refractivity contribution is 6.30. The van der Waals surface area contributed by atoms with Crippen molar-refractivity contribution in [2.75, 3.05) is 16.0 Å². The second-order valence-corrected chi connectivity index (χ2v) is 6.11. The van der Waals surface area contributed by atoms with Crippen molar-refractivity contribution in [1.82, 2.24) is 0 Å². The van der Waals surface area contributed by atoms with Gasteiger partial charge in [0.05, 0.1) is 0 Å². The van der Waals surface area contributed by atoms with Gasteiger partial charge in [-0.25, -0.2) is 4.79 Å². The first-order valence-electron chi connectivity index (χ1n) is 8.30. The molecule has 0 atom stereocenters. The molecule has 6 heteroatoms. The maximum absolute atomic E-state index is 12.0. The molecule has 0 bridgehead atoms. The fourth-order valence-corrected chi connectivity index (χ4v) is 2.39. The van der Waals surface area contributed by atoms with Gasteiger partial charge in [0.1, 0.15) is 0 Å². The van der Waals surface area contributed by atoms with Gasteiger partial charge in [0, 0.05) is 28.5 Å². The van der Waals surface area contributed by atoms with Gasteiger partial charge in [-0.15, -0.1) is 0 Å². The molecule has 132 valence electrons. The summed E-state index contributed by atoms with van der Waals surface area (Å²) < 4.78 is 0. The topological polar surface area (TPSA) is 70.2 Å². The summed E-state index contributed by atoms with van der Waals surface area (Å²) in [5.74, 6) is -0.0174. The van der Waals surface area contributed by atoms with Gasteiger partial charge in [-0.05, 0) is 48.9 Å². The van der Waals surface area contributed by atoms with Crippen molar-refractivity contribution in [3.05, 3.63) is 53.6 Å². The van der Waals surface area contributed by atoms with Gasteiger partial charge in [-0.2, -0.15) is 0 Å². The van der Waals surface area contributed by atoms with Gasteiger partial charge >= 0.3 is 6.03 Å². The molecule has 25 heavy (non-hydrogen) atoms. The summed E-state index contributed by atoms with van der Waals surface area (Å²) in [5, 5.41) is 8.90. The molecule has 0 aromatic heterocycles. The Morgan fingerprint density at radius 2 is 1.52 bits per heavy atom. The summed E-state index contributed by atoms with van der Waals surface area (Å²) in [6.07, 6.45) is 3.50. The number of hydrogen-bond acceptors (Lipinski definition) is 2. The monoisotopic (exact) mass is 359 g/mol. The lowest BCUT2D eigenvalue weighted by Crippen LogP contribution is -2.19. The molecule has 0 spiro atoms. The first kappa shape index (κ1) is 18.8. The Morgan fingerprint density at radius 1 is 0.880 bits per heavy atom. The Balaban J connectivity index is 1.88. The van der Waals surface area contributed by atoms with Gasteiger partial charge in [0.2, 0.25) is 5.91 Å². The lowest BCUT2D eigenvalue weighted by Gasteiger charge is -2.10. The lowest BCUT2D eigenvalue weighted by molar-refractivity contribution is -0.116. The SMILES string of the molecule is CCCCCC(=O)Nc1cccc(NC(=O)Nc2ccc(Cl)cc2)c1. The zero-order valence-electron chi connectivity index (χ0n) is 14.1. The summed E-state index contributed by atoms with van der Waals surface area (Å²) >= 11 is 5.81. The van der Waals surface area contributed by atoms with E-state index < -0.39 is 0 Å². The fourth-order valence-electron chi connectivity index (χ4n) is 2.26. The quantitative estimate of drug-likeness (QED) is 0.571. The van der Waals surface area contributed by atoms with Crippen molar-refractivity contribution in [2.24, 2.45) is 0 Å². The van der Waals surface area contributed by atoms with Crippen LogP contribution in [0.5, 0.6) is 0 Å². The number of benzene rings is 2. The van der Waals surface area contributed by atoms with E-state index in [-0.39, 0.29) is 11.9 Å². The number of carbonyl (C=O) groups excluding carboxylic acids is 2. The number of anilines is 3. The number of nitrogens with one attached hydrogen (secondary N) is 3. The predicted octanol–water partition coefficient (Wildman–Crippen LogP) is 5.50. The molecule has 0 aliphatic heterocycles. The molecular formula is C19H22ClN3O2. The Hall–Kier alpha value is -2.53. The Kier molecular flexibility index (Phi) is 7.29. The zero-order valence-corrected chi connectivity index (χ0v) is 14.9. The number of hydrogen-bond donors (Lipinski definition) is 3. The normalized spacial score (nSPS) is 10.2. The maximum Gasteiger partial charge on any atom is 0.323 e. The van der Waals surface area contributed by atoms with E-state index in [2.05, 4.69) is 22.9 Å². The lowest BCUT2D eigenvalue weighted by atomic mass is 10.2. The maximum atomic E-state index is 12.0. The standard InChI is InChI=1S/C19H22ClN3O2/c1-2-3-4-8-18(24)21-16-6-5-7-17(13-16)23-19(25)22-15-11-9-14(20)10-12-15/h5-7,9-13H,2-4,8H2,1H3,(H,21,24)(H2,22,23,25). The largest absolute Gasteiger partial charge is 0.326 e. The van der Waals surface area contributed by atoms with Crippen molar-refractivity contribution in [3.63, 3.8) is 0 Å². The van der Waals surface area contributed by atoms with Crippen LogP contribution < -0.4 is 16.0 Å². The molecule has 0 heterocycles. The van der Waals surface area contributed by atoms with E-state index in [1.54, 1.807) is 48.5 Å². The minimum Gasteiger partial charge on any atom is -0.326 e. The summed E-state index contributed by atoms with van der Waals surface area (Å²) in [6, 6.07) is 13.5. The third-order valence-electron chi connectivity index (χ3n) is 3.51. The van der Waals surface area contributed by atoms with Crippen LogP contribution in [0.1, 0.15) is 32.6 Å². The molecule has 0 radical (unpaired) electrons. The van der Waals surface area contributed by atoms with Crippen molar-refractivity contribution in [3.8, 4) is 0 Å². The number of unbranched alkanes of at least 4 members (excludes halogenated alkanes) is 2. The van der Waals surface area contributed by atoms with Crippen LogP contribution in [-0.2, 0) is 4.79 Å². The summed E-state index contributed by atoms with van der Waals surface area (Å²) in [4.78, 5) is 23.9. The smallest absolute Gasteiger partial charge is 0.323 e. The van der Waals surface area contributed by atoms with E-state index >= 15 is 0 Å². The average molecular weight is 360 g/mol. The van der Waals surface area contributed by atoms with Gasteiger partial charge in [-0.3, -0.25) is 4.79 Å². The molecule has 0 aliphatic rings. The molecule has 2 rings (SSSR count). The van der Waals surface area contributed by atoms with Crippen LogP contribution in [0.25, 0.3) is 0 Å². The number of halogens is 1. The Bertz CT molecular complexity index is 717. The number of urea groups is 1. The second-order valence-electron chi connectivity index (χ2n) is 5.67. The molecule has 3 amide bonds. The second kappa shape index (κ2) is 9.69. The molecule has 0 unspecified atom stereocenters. The van der Waals surface area contributed by atoms with E-state index in [1.165, 1.54) is 0 Å². The summed E-state index contributed by atoms with van der Waals surface area (Å²) in [7, 11) is 0. The Labute approximate surface area is 152 Å². The van der Waals surface area contributed by atoms with Gasteiger partial charge in [0.15, 0.2) is 0 Å². The molecule has 0 saturated carbocycles. The highest BCUT2D eigenvalue weighted by Gasteiger charge is 2.05. The molecule has 5 nitrogen and oxygen atoms in total. The van der Waals surface area contributed by atoms with Crippen molar-refractivity contribution in [2.45, 2.75) is 32.6 Å². The van der Waals surface area contributed by atoms with Crippen LogP contribution in [-0.4, -0.2) is 11.9 Å². The van der Waals surface area contributed by atoms with Crippen LogP contribution in [0.3, 0.4) is 0 Å². The van der Waals surface area contributed by atoms with Crippen LogP contribution in [0.4, 0.5) is 21.9 Å². The van der Waals surface area contributed by atoms with Gasteiger partial charge in [-0.1, -0.05) is 37.4 Å². The summed E-state index contributed by atoms with van der Waals surface area (Å²) in [6.45, 7) is 2.10. The number of carbonyl (C=O) groups is 2. The Morgan fingerprint density at radius 3 is 2.20 bits per heavy atom. The van der Waals surface area contributed by atoms with Crippen LogP contribution in [0.15, 0.2) is 48.5 Å². The summed E-state index contributed by atoms with van der Waals surface area (Å²) in [5.41, 5.74) is 1.89. The number of amides is 3.